The van der Waals surface area contributed by atoms with E-state index in [0.29, 0.717) is 54.2 Å². The molecule has 0 bridgehead atoms. The van der Waals surface area contributed by atoms with E-state index in [2.05, 4.69) is 5.32 Å². The average Bonchev–Trinajstić information content (AvgIpc) is 3.30. The lowest BCUT2D eigenvalue weighted by atomic mass is 9.95. The molecular weight excluding hydrogens is 459 g/mol. The third-order valence-electron chi connectivity index (χ3n) is 6.08. The van der Waals surface area contributed by atoms with Gasteiger partial charge in [0.2, 0.25) is 0 Å². The number of hydrogen-bond acceptors (Lipinski definition) is 7. The summed E-state index contributed by atoms with van der Waals surface area (Å²) in [6.07, 6.45) is 0.698. The quantitative estimate of drug-likeness (QED) is 0.573. The number of primary amides is 1. The van der Waals surface area contributed by atoms with Crippen LogP contribution in [0.2, 0.25) is 0 Å². The Morgan fingerprint density at radius 2 is 2.00 bits per heavy atom. The SMILES string of the molecule is COc1c(C(=O)N[C@H]2CCOC[C@@H]2OC(C)=O)cc(Cc2ccc(C(N)=O)c(F)c2)c2c1CCO2. The van der Waals surface area contributed by atoms with Gasteiger partial charge in [0.05, 0.1) is 37.5 Å². The van der Waals surface area contributed by atoms with E-state index in [1.807, 2.05) is 0 Å². The predicted molar refractivity (Wildman–Crippen MR) is 122 cm³/mol. The Bertz CT molecular complexity index is 1170. The largest absolute Gasteiger partial charge is 0.495 e. The smallest absolute Gasteiger partial charge is 0.303 e. The average molecular weight is 486 g/mol. The molecule has 3 N–H and O–H groups in total. The van der Waals surface area contributed by atoms with Gasteiger partial charge in [-0.15, -0.1) is 0 Å². The molecule has 9 nitrogen and oxygen atoms in total. The highest BCUT2D eigenvalue weighted by atomic mass is 19.1. The van der Waals surface area contributed by atoms with Gasteiger partial charge < -0.3 is 30.0 Å². The number of benzene rings is 2. The van der Waals surface area contributed by atoms with Crippen molar-refractivity contribution in [3.8, 4) is 11.5 Å². The molecular formula is C25H27FN2O7. The van der Waals surface area contributed by atoms with Crippen LogP contribution in [0.1, 0.15) is 50.8 Å². The molecule has 2 aromatic rings. The molecule has 186 valence electrons. The monoisotopic (exact) mass is 486 g/mol. The Kier molecular flexibility index (Phi) is 7.20. The summed E-state index contributed by atoms with van der Waals surface area (Å²) >= 11 is 0. The molecule has 2 aliphatic heterocycles. The zero-order chi connectivity index (χ0) is 25.1. The van der Waals surface area contributed by atoms with E-state index in [-0.39, 0.29) is 18.6 Å². The summed E-state index contributed by atoms with van der Waals surface area (Å²) in [5, 5.41) is 2.95. The molecule has 10 heteroatoms. The minimum Gasteiger partial charge on any atom is -0.495 e. The third kappa shape index (κ3) is 5.22. The number of fused-ring (bicyclic) bond motifs is 1. The van der Waals surface area contributed by atoms with Crippen LogP contribution >= 0.6 is 0 Å². The second-order valence-electron chi connectivity index (χ2n) is 8.47. The molecule has 0 aliphatic carbocycles. The van der Waals surface area contributed by atoms with Crippen molar-refractivity contribution in [1.29, 1.82) is 0 Å². The Balaban J connectivity index is 1.65. The number of halogens is 1. The van der Waals surface area contributed by atoms with Crippen molar-refractivity contribution in [3.63, 3.8) is 0 Å². The van der Waals surface area contributed by atoms with Crippen LogP contribution < -0.4 is 20.5 Å². The fraction of sp³-hybridized carbons (Fsp3) is 0.400. The molecule has 35 heavy (non-hydrogen) atoms. The number of hydrogen-bond donors (Lipinski definition) is 2. The Morgan fingerprint density at radius 3 is 2.69 bits per heavy atom. The highest BCUT2D eigenvalue weighted by Crippen LogP contribution is 2.40. The molecule has 0 radical (unpaired) electrons. The zero-order valence-electron chi connectivity index (χ0n) is 19.5. The van der Waals surface area contributed by atoms with Crippen LogP contribution in [-0.4, -0.2) is 56.9 Å². The molecule has 2 amide bonds. The molecule has 2 heterocycles. The fourth-order valence-electron chi connectivity index (χ4n) is 4.50. The lowest BCUT2D eigenvalue weighted by molar-refractivity contribution is -0.154. The first-order valence-electron chi connectivity index (χ1n) is 11.3. The minimum absolute atomic E-state index is 0.191. The van der Waals surface area contributed by atoms with Crippen LogP contribution in [0.25, 0.3) is 0 Å². The van der Waals surface area contributed by atoms with Gasteiger partial charge in [-0.05, 0) is 35.7 Å². The second-order valence-corrected chi connectivity index (χ2v) is 8.47. The summed E-state index contributed by atoms with van der Waals surface area (Å²) in [5.74, 6) is -1.40. The van der Waals surface area contributed by atoms with Crippen molar-refractivity contribution in [2.24, 2.45) is 5.73 Å². The van der Waals surface area contributed by atoms with Crippen LogP contribution in [0.5, 0.6) is 11.5 Å². The maximum absolute atomic E-state index is 14.3. The first-order chi connectivity index (χ1) is 16.8. The number of methoxy groups -OCH3 is 1. The van der Waals surface area contributed by atoms with Crippen LogP contribution in [0, 0.1) is 5.82 Å². The molecule has 1 saturated heterocycles. The summed E-state index contributed by atoms with van der Waals surface area (Å²) in [6.45, 7) is 2.35. The van der Waals surface area contributed by atoms with Crippen molar-refractivity contribution in [3.05, 3.63) is 57.9 Å². The lowest BCUT2D eigenvalue weighted by Crippen LogP contribution is -2.50. The van der Waals surface area contributed by atoms with E-state index in [0.717, 1.165) is 5.56 Å². The third-order valence-corrected chi connectivity index (χ3v) is 6.08. The van der Waals surface area contributed by atoms with E-state index >= 15 is 0 Å². The van der Waals surface area contributed by atoms with E-state index < -0.39 is 35.7 Å². The lowest BCUT2D eigenvalue weighted by Gasteiger charge is -2.31. The Hall–Kier alpha value is -3.66. The van der Waals surface area contributed by atoms with Gasteiger partial charge in [0.25, 0.3) is 11.8 Å². The summed E-state index contributed by atoms with van der Waals surface area (Å²) in [5.41, 5.74) is 7.33. The van der Waals surface area contributed by atoms with Gasteiger partial charge in [-0.25, -0.2) is 4.39 Å². The highest BCUT2D eigenvalue weighted by Gasteiger charge is 2.32. The normalized spacial score (nSPS) is 18.8. The van der Waals surface area contributed by atoms with Gasteiger partial charge in [0.15, 0.2) is 0 Å². The van der Waals surface area contributed by atoms with Crippen LogP contribution in [0.3, 0.4) is 0 Å². The van der Waals surface area contributed by atoms with Gasteiger partial charge in [-0.3, -0.25) is 14.4 Å². The van der Waals surface area contributed by atoms with Gasteiger partial charge in [0, 0.05) is 31.9 Å². The molecule has 2 aromatic carbocycles. The minimum atomic E-state index is -0.846. The summed E-state index contributed by atoms with van der Waals surface area (Å²) < 4.78 is 36.5. The zero-order valence-corrected chi connectivity index (χ0v) is 19.5. The van der Waals surface area contributed by atoms with Crippen LogP contribution in [0.15, 0.2) is 24.3 Å². The predicted octanol–water partition coefficient (Wildman–Crippen LogP) is 1.91. The van der Waals surface area contributed by atoms with Crippen molar-refractivity contribution < 1.29 is 37.7 Å². The maximum Gasteiger partial charge on any atom is 0.303 e. The fourth-order valence-corrected chi connectivity index (χ4v) is 4.50. The molecule has 4 rings (SSSR count). The number of carbonyl (C=O) groups excluding carboxylic acids is 3. The molecule has 1 fully saturated rings. The number of nitrogens with two attached hydrogens (primary N) is 1. The van der Waals surface area contributed by atoms with E-state index in [9.17, 15) is 18.8 Å². The molecule has 0 saturated carbocycles. The van der Waals surface area contributed by atoms with Crippen molar-refractivity contribution in [2.75, 3.05) is 26.9 Å². The number of carbonyl (C=O) groups is 3. The first kappa shape index (κ1) is 24.5. The number of amides is 2. The van der Waals surface area contributed by atoms with Crippen molar-refractivity contribution >= 4 is 17.8 Å². The van der Waals surface area contributed by atoms with Crippen LogP contribution in [0.4, 0.5) is 4.39 Å². The van der Waals surface area contributed by atoms with Crippen molar-refractivity contribution in [2.45, 2.75) is 38.3 Å². The van der Waals surface area contributed by atoms with Crippen LogP contribution in [-0.2, 0) is 27.1 Å². The summed E-state index contributed by atoms with van der Waals surface area (Å²) in [7, 11) is 1.48. The summed E-state index contributed by atoms with van der Waals surface area (Å²) in [6, 6.07) is 5.44. The van der Waals surface area contributed by atoms with E-state index in [1.165, 1.54) is 26.2 Å². The number of rotatable bonds is 7. The van der Waals surface area contributed by atoms with Crippen molar-refractivity contribution in [1.82, 2.24) is 5.32 Å². The van der Waals surface area contributed by atoms with E-state index in [1.54, 1.807) is 12.1 Å². The highest BCUT2D eigenvalue weighted by molar-refractivity contribution is 5.98. The molecule has 2 aliphatic rings. The number of ether oxygens (including phenoxy) is 4. The Labute approximate surface area is 201 Å². The van der Waals surface area contributed by atoms with Gasteiger partial charge in [-0.2, -0.15) is 0 Å². The molecule has 2 atom stereocenters. The second kappa shape index (κ2) is 10.3. The van der Waals surface area contributed by atoms with E-state index in [4.69, 9.17) is 24.7 Å². The van der Waals surface area contributed by atoms with Gasteiger partial charge in [0.1, 0.15) is 23.4 Å². The summed E-state index contributed by atoms with van der Waals surface area (Å²) in [4.78, 5) is 36.2. The molecule has 0 unspecified atom stereocenters. The standard InChI is InChI=1S/C25H27FN2O7/c1-13(29)35-21-12-33-7-6-20(21)28-25(31)18-11-15(22-17(5-8-34-22)23(18)32-2)9-14-3-4-16(24(27)30)19(26)10-14/h3-4,10-11,20-21H,5-9,12H2,1-2H3,(H2,27,30)(H,28,31)/t20-,21-/m0/s1. The molecule has 0 spiro atoms. The Morgan fingerprint density at radius 1 is 1.20 bits per heavy atom. The first-order valence-corrected chi connectivity index (χ1v) is 11.3. The number of nitrogens with one attached hydrogen (secondary N) is 1. The van der Waals surface area contributed by atoms with Gasteiger partial charge in [-0.1, -0.05) is 6.07 Å². The maximum atomic E-state index is 14.3. The topological polar surface area (TPSA) is 126 Å². The van der Waals surface area contributed by atoms with Gasteiger partial charge >= 0.3 is 5.97 Å². The molecule has 0 aromatic heterocycles. The number of esters is 1.